The molecule has 0 spiro atoms. The largest absolute Gasteiger partial charge is 0.317 e. The van der Waals surface area contributed by atoms with E-state index in [1.807, 2.05) is 19.1 Å². The molecule has 3 heterocycles. The Labute approximate surface area is 145 Å². The molecule has 0 atom stereocenters. The molecule has 1 fully saturated rings. The van der Waals surface area contributed by atoms with Crippen LogP contribution in [0, 0.1) is 12.7 Å². The molecule has 6 heteroatoms. The molecular formula is C19H20FN5. The van der Waals surface area contributed by atoms with Crippen molar-refractivity contribution < 1.29 is 4.39 Å². The van der Waals surface area contributed by atoms with E-state index < -0.39 is 0 Å². The van der Waals surface area contributed by atoms with E-state index in [2.05, 4.69) is 25.5 Å². The Bertz CT molecular complexity index is 869. The monoisotopic (exact) mass is 337 g/mol. The molecule has 2 N–H and O–H groups in total. The van der Waals surface area contributed by atoms with Crippen LogP contribution in [0.25, 0.3) is 22.5 Å². The average Bonchev–Trinajstić information content (AvgIpc) is 3.08. The van der Waals surface area contributed by atoms with Crippen molar-refractivity contribution in [1.82, 2.24) is 25.5 Å². The third-order valence-electron chi connectivity index (χ3n) is 4.76. The quantitative estimate of drug-likeness (QED) is 0.768. The summed E-state index contributed by atoms with van der Waals surface area (Å²) < 4.78 is 14.6. The number of rotatable bonds is 3. The Kier molecular flexibility index (Phi) is 4.28. The number of hydrogen-bond donors (Lipinski definition) is 2. The lowest BCUT2D eigenvalue weighted by molar-refractivity contribution is 0.453. The Morgan fingerprint density at radius 3 is 2.72 bits per heavy atom. The van der Waals surface area contributed by atoms with Gasteiger partial charge in [0.2, 0.25) is 0 Å². The second-order valence-electron chi connectivity index (χ2n) is 6.46. The fraction of sp³-hybridized carbons (Fsp3) is 0.316. The number of halogens is 1. The van der Waals surface area contributed by atoms with Crippen molar-refractivity contribution in [2.45, 2.75) is 25.7 Å². The fourth-order valence-corrected chi connectivity index (χ4v) is 3.47. The van der Waals surface area contributed by atoms with E-state index in [1.54, 1.807) is 12.3 Å². The molecule has 1 saturated heterocycles. The molecule has 0 aliphatic carbocycles. The number of aryl methyl sites for hydroxylation is 1. The van der Waals surface area contributed by atoms with Gasteiger partial charge in [0.05, 0.1) is 5.69 Å². The standard InChI is InChI=1S/C19H20FN5/c1-12-2-3-14(15(20)10-12)19-17(16-6-9-22-11-23-16)18(24-25-19)13-4-7-21-8-5-13/h2-3,6,9-11,13,21H,4-5,7-8H2,1H3,(H,24,25). The van der Waals surface area contributed by atoms with Crippen LogP contribution in [0.5, 0.6) is 0 Å². The lowest BCUT2D eigenvalue weighted by Crippen LogP contribution is -2.27. The molecule has 1 aliphatic heterocycles. The first-order chi connectivity index (χ1) is 12.2. The van der Waals surface area contributed by atoms with Gasteiger partial charge in [0.25, 0.3) is 0 Å². The maximum absolute atomic E-state index is 14.6. The summed E-state index contributed by atoms with van der Waals surface area (Å²) in [7, 11) is 0. The van der Waals surface area contributed by atoms with E-state index in [4.69, 9.17) is 0 Å². The first-order valence-corrected chi connectivity index (χ1v) is 8.56. The van der Waals surface area contributed by atoms with E-state index in [9.17, 15) is 4.39 Å². The molecule has 0 amide bonds. The second kappa shape index (κ2) is 6.72. The number of piperidine rings is 1. The maximum atomic E-state index is 14.6. The van der Waals surface area contributed by atoms with Gasteiger partial charge in [-0.15, -0.1) is 0 Å². The third kappa shape index (κ3) is 3.05. The zero-order chi connectivity index (χ0) is 17.2. The zero-order valence-electron chi connectivity index (χ0n) is 14.1. The van der Waals surface area contributed by atoms with Crippen molar-refractivity contribution in [3.63, 3.8) is 0 Å². The van der Waals surface area contributed by atoms with Gasteiger partial charge in [0.15, 0.2) is 0 Å². The molecule has 1 aromatic carbocycles. The van der Waals surface area contributed by atoms with Gasteiger partial charge in [0, 0.05) is 28.9 Å². The number of benzene rings is 1. The van der Waals surface area contributed by atoms with Gasteiger partial charge in [-0.3, -0.25) is 5.10 Å². The van der Waals surface area contributed by atoms with E-state index in [0.29, 0.717) is 17.2 Å². The topological polar surface area (TPSA) is 66.5 Å². The predicted molar refractivity (Wildman–Crippen MR) is 94.6 cm³/mol. The smallest absolute Gasteiger partial charge is 0.132 e. The van der Waals surface area contributed by atoms with Crippen molar-refractivity contribution in [1.29, 1.82) is 0 Å². The Morgan fingerprint density at radius 2 is 2.00 bits per heavy atom. The van der Waals surface area contributed by atoms with Crippen molar-refractivity contribution in [2.24, 2.45) is 0 Å². The summed E-state index contributed by atoms with van der Waals surface area (Å²) in [4.78, 5) is 8.40. The summed E-state index contributed by atoms with van der Waals surface area (Å²) in [6.45, 7) is 3.82. The van der Waals surface area contributed by atoms with E-state index in [-0.39, 0.29) is 5.82 Å². The molecule has 5 nitrogen and oxygen atoms in total. The molecule has 0 unspecified atom stereocenters. The van der Waals surface area contributed by atoms with Crippen molar-refractivity contribution >= 4 is 0 Å². The van der Waals surface area contributed by atoms with Crippen LogP contribution in [0.15, 0.2) is 36.8 Å². The van der Waals surface area contributed by atoms with Crippen molar-refractivity contribution in [2.75, 3.05) is 13.1 Å². The summed E-state index contributed by atoms with van der Waals surface area (Å²) in [5.41, 5.74) is 4.69. The van der Waals surface area contributed by atoms with Crippen LogP contribution < -0.4 is 5.32 Å². The number of nitrogens with zero attached hydrogens (tertiary/aromatic N) is 3. The Balaban J connectivity index is 1.88. The van der Waals surface area contributed by atoms with Gasteiger partial charge < -0.3 is 5.32 Å². The number of aromatic nitrogens is 4. The van der Waals surface area contributed by atoms with Crippen LogP contribution in [-0.4, -0.2) is 33.3 Å². The van der Waals surface area contributed by atoms with Gasteiger partial charge in [-0.25, -0.2) is 14.4 Å². The molecular weight excluding hydrogens is 317 g/mol. The molecule has 2 aromatic heterocycles. The summed E-state index contributed by atoms with van der Waals surface area (Å²) in [5, 5.41) is 11.0. The van der Waals surface area contributed by atoms with Gasteiger partial charge in [0.1, 0.15) is 17.8 Å². The highest BCUT2D eigenvalue weighted by Gasteiger charge is 2.26. The third-order valence-corrected chi connectivity index (χ3v) is 4.76. The Morgan fingerprint density at radius 1 is 1.16 bits per heavy atom. The van der Waals surface area contributed by atoms with E-state index in [0.717, 1.165) is 48.4 Å². The number of hydrogen-bond acceptors (Lipinski definition) is 4. The van der Waals surface area contributed by atoms with Crippen molar-refractivity contribution in [3.8, 4) is 22.5 Å². The van der Waals surface area contributed by atoms with Gasteiger partial charge in [-0.1, -0.05) is 6.07 Å². The number of nitrogens with one attached hydrogen (secondary N) is 2. The van der Waals surface area contributed by atoms with Gasteiger partial charge >= 0.3 is 0 Å². The van der Waals surface area contributed by atoms with Crippen LogP contribution in [0.1, 0.15) is 30.0 Å². The molecule has 25 heavy (non-hydrogen) atoms. The minimum atomic E-state index is -0.265. The molecule has 1 aliphatic rings. The minimum Gasteiger partial charge on any atom is -0.317 e. The van der Waals surface area contributed by atoms with E-state index >= 15 is 0 Å². The van der Waals surface area contributed by atoms with Crippen molar-refractivity contribution in [3.05, 3.63) is 53.9 Å². The van der Waals surface area contributed by atoms with Crippen LogP contribution in [0.4, 0.5) is 4.39 Å². The molecule has 0 bridgehead atoms. The van der Waals surface area contributed by atoms with Crippen LogP contribution in [0.3, 0.4) is 0 Å². The molecule has 4 rings (SSSR count). The molecule has 0 radical (unpaired) electrons. The highest BCUT2D eigenvalue weighted by Crippen LogP contribution is 2.38. The van der Waals surface area contributed by atoms with E-state index in [1.165, 1.54) is 12.4 Å². The second-order valence-corrected chi connectivity index (χ2v) is 6.46. The SMILES string of the molecule is Cc1ccc(-c2n[nH]c(C3CCNCC3)c2-c2ccncn2)c(F)c1. The highest BCUT2D eigenvalue weighted by atomic mass is 19.1. The average molecular weight is 337 g/mol. The molecule has 128 valence electrons. The lowest BCUT2D eigenvalue weighted by atomic mass is 9.89. The summed E-state index contributed by atoms with van der Waals surface area (Å²) in [6.07, 6.45) is 5.27. The Hall–Kier alpha value is -2.60. The molecule has 3 aromatic rings. The molecule has 0 saturated carbocycles. The normalized spacial score (nSPS) is 15.4. The fourth-order valence-electron chi connectivity index (χ4n) is 3.47. The first-order valence-electron chi connectivity index (χ1n) is 8.56. The lowest BCUT2D eigenvalue weighted by Gasteiger charge is -2.22. The minimum absolute atomic E-state index is 0.265. The van der Waals surface area contributed by atoms with Crippen LogP contribution in [-0.2, 0) is 0 Å². The maximum Gasteiger partial charge on any atom is 0.132 e. The van der Waals surface area contributed by atoms with Crippen LogP contribution in [0.2, 0.25) is 0 Å². The van der Waals surface area contributed by atoms with Crippen LogP contribution >= 0.6 is 0 Å². The van der Waals surface area contributed by atoms with Gasteiger partial charge in [-0.05, 0) is 56.6 Å². The highest BCUT2D eigenvalue weighted by molar-refractivity contribution is 5.81. The predicted octanol–water partition coefficient (Wildman–Crippen LogP) is 3.45. The number of aromatic amines is 1. The number of H-pyrrole nitrogens is 1. The summed E-state index contributed by atoms with van der Waals surface area (Å²) in [5.74, 6) is 0.0969. The zero-order valence-corrected chi connectivity index (χ0v) is 14.1. The summed E-state index contributed by atoms with van der Waals surface area (Å²) in [6, 6.07) is 7.09. The summed E-state index contributed by atoms with van der Waals surface area (Å²) >= 11 is 0. The van der Waals surface area contributed by atoms with Gasteiger partial charge in [-0.2, -0.15) is 5.10 Å². The first kappa shape index (κ1) is 15.9.